The van der Waals surface area contributed by atoms with Crippen LogP contribution in [-0.4, -0.2) is 26.8 Å². The highest BCUT2D eigenvalue weighted by molar-refractivity contribution is 5.59. The molecule has 0 radical (unpaired) electrons. The fraction of sp³-hybridized carbons (Fsp3) is 0.143. The lowest BCUT2D eigenvalue weighted by molar-refractivity contribution is -0.384. The molecule has 0 N–H and O–H groups in total. The third-order valence-corrected chi connectivity index (χ3v) is 3.18. The van der Waals surface area contributed by atoms with Gasteiger partial charge in [0.15, 0.2) is 0 Å². The van der Waals surface area contributed by atoms with Gasteiger partial charge in [-0.25, -0.2) is 0 Å². The van der Waals surface area contributed by atoms with Crippen LogP contribution in [0, 0.1) is 10.1 Å². The van der Waals surface area contributed by atoms with Gasteiger partial charge in [0.25, 0.3) is 11.6 Å². The molecule has 0 spiro atoms. The third kappa shape index (κ3) is 2.41. The molecule has 0 aliphatic carbocycles. The van der Waals surface area contributed by atoms with Crippen molar-refractivity contribution < 1.29 is 14.1 Å². The van der Waals surface area contributed by atoms with Gasteiger partial charge in [-0.05, 0) is 24.3 Å². The van der Waals surface area contributed by atoms with Gasteiger partial charge in [-0.1, -0.05) is 0 Å². The molecule has 0 saturated carbocycles. The highest BCUT2D eigenvalue weighted by atomic mass is 16.6. The summed E-state index contributed by atoms with van der Waals surface area (Å²) in [5, 5.41) is 18.7. The second-order valence-electron chi connectivity index (χ2n) is 4.59. The summed E-state index contributed by atoms with van der Waals surface area (Å²) < 4.78 is 12.3. The zero-order chi connectivity index (χ0) is 15.7. The number of ether oxygens (including phenoxy) is 1. The quantitative estimate of drug-likeness (QED) is 0.543. The summed E-state index contributed by atoms with van der Waals surface area (Å²) in [7, 11) is 3.27. The lowest BCUT2D eigenvalue weighted by Crippen LogP contribution is -1.89. The van der Waals surface area contributed by atoms with E-state index in [9.17, 15) is 10.1 Å². The van der Waals surface area contributed by atoms with Crippen molar-refractivity contribution in [3.63, 3.8) is 0 Å². The molecule has 3 rings (SSSR count). The molecule has 8 heteroatoms. The summed E-state index contributed by atoms with van der Waals surface area (Å²) in [6, 6.07) is 8.55. The van der Waals surface area contributed by atoms with E-state index in [1.807, 2.05) is 0 Å². The Morgan fingerprint density at radius 3 is 2.50 bits per heavy atom. The van der Waals surface area contributed by atoms with Gasteiger partial charge in [-0.15, -0.1) is 10.2 Å². The number of hydrogen-bond donors (Lipinski definition) is 0. The molecule has 0 unspecified atom stereocenters. The van der Waals surface area contributed by atoms with Crippen molar-refractivity contribution in [1.29, 1.82) is 0 Å². The number of methoxy groups -OCH3 is 1. The van der Waals surface area contributed by atoms with Crippen molar-refractivity contribution in [3.05, 3.63) is 46.6 Å². The molecular weight excluding hydrogens is 288 g/mol. The molecule has 0 amide bonds. The zero-order valence-electron chi connectivity index (χ0n) is 11.9. The van der Waals surface area contributed by atoms with Crippen molar-refractivity contribution >= 4 is 5.69 Å². The first kappa shape index (κ1) is 13.8. The number of aryl methyl sites for hydroxylation is 1. The standard InChI is InChI=1S/C14H12N4O4/c1-17-8-10(18(19)20)7-12(17)14-16-15-13(22-14)9-3-5-11(21-2)6-4-9/h3-8H,1-2H3. The van der Waals surface area contributed by atoms with E-state index in [2.05, 4.69) is 10.2 Å². The van der Waals surface area contributed by atoms with E-state index in [-0.39, 0.29) is 11.6 Å². The van der Waals surface area contributed by atoms with Gasteiger partial charge in [0.1, 0.15) is 11.4 Å². The maximum absolute atomic E-state index is 10.8. The highest BCUT2D eigenvalue weighted by Crippen LogP contribution is 2.28. The molecule has 0 atom stereocenters. The second kappa shape index (κ2) is 5.32. The van der Waals surface area contributed by atoms with E-state index in [0.717, 1.165) is 11.3 Å². The minimum Gasteiger partial charge on any atom is -0.497 e. The van der Waals surface area contributed by atoms with Crippen LogP contribution in [0.5, 0.6) is 5.75 Å². The van der Waals surface area contributed by atoms with Crippen molar-refractivity contribution in [2.24, 2.45) is 7.05 Å². The number of hydrogen-bond acceptors (Lipinski definition) is 6. The first-order valence-corrected chi connectivity index (χ1v) is 6.37. The van der Waals surface area contributed by atoms with Crippen LogP contribution in [0.2, 0.25) is 0 Å². The summed E-state index contributed by atoms with van der Waals surface area (Å²) in [6.45, 7) is 0. The van der Waals surface area contributed by atoms with Gasteiger partial charge >= 0.3 is 0 Å². The Bertz CT molecular complexity index is 820. The molecule has 1 aromatic carbocycles. The molecule has 0 saturated heterocycles. The van der Waals surface area contributed by atoms with E-state index >= 15 is 0 Å². The van der Waals surface area contributed by atoms with Crippen LogP contribution in [0.1, 0.15) is 0 Å². The van der Waals surface area contributed by atoms with Crippen LogP contribution in [0.4, 0.5) is 5.69 Å². The van der Waals surface area contributed by atoms with Crippen molar-refractivity contribution in [2.75, 3.05) is 7.11 Å². The zero-order valence-corrected chi connectivity index (χ0v) is 11.9. The number of benzene rings is 1. The van der Waals surface area contributed by atoms with Crippen LogP contribution in [0.25, 0.3) is 23.0 Å². The second-order valence-corrected chi connectivity index (χ2v) is 4.59. The maximum Gasteiger partial charge on any atom is 0.287 e. The van der Waals surface area contributed by atoms with Crippen LogP contribution < -0.4 is 4.74 Å². The molecule has 112 valence electrons. The van der Waals surface area contributed by atoms with Gasteiger partial charge in [-0.3, -0.25) is 10.1 Å². The molecule has 3 aromatic rings. The van der Waals surface area contributed by atoms with Crippen LogP contribution >= 0.6 is 0 Å². The van der Waals surface area contributed by atoms with Crippen molar-refractivity contribution in [3.8, 4) is 28.8 Å². The Morgan fingerprint density at radius 1 is 1.23 bits per heavy atom. The van der Waals surface area contributed by atoms with Crippen molar-refractivity contribution in [2.45, 2.75) is 0 Å². The van der Waals surface area contributed by atoms with Gasteiger partial charge < -0.3 is 13.7 Å². The molecule has 0 aliphatic rings. The van der Waals surface area contributed by atoms with E-state index < -0.39 is 4.92 Å². The first-order chi connectivity index (χ1) is 10.6. The number of nitrogens with zero attached hydrogens (tertiary/aromatic N) is 4. The maximum atomic E-state index is 10.8. The van der Waals surface area contributed by atoms with Gasteiger partial charge in [0, 0.05) is 18.7 Å². The normalized spacial score (nSPS) is 10.6. The molecule has 8 nitrogen and oxygen atoms in total. The summed E-state index contributed by atoms with van der Waals surface area (Å²) in [6.07, 6.45) is 1.40. The Balaban J connectivity index is 1.94. The van der Waals surface area contributed by atoms with Gasteiger partial charge in [-0.2, -0.15) is 0 Å². The molecule has 0 bridgehead atoms. The van der Waals surface area contributed by atoms with Crippen molar-refractivity contribution in [1.82, 2.24) is 14.8 Å². The predicted molar refractivity (Wildman–Crippen MR) is 77.3 cm³/mol. The van der Waals surface area contributed by atoms with Gasteiger partial charge in [0.05, 0.1) is 18.2 Å². The van der Waals surface area contributed by atoms with E-state index in [1.165, 1.54) is 12.3 Å². The highest BCUT2D eigenvalue weighted by Gasteiger charge is 2.18. The summed E-state index contributed by atoms with van der Waals surface area (Å²) in [5.41, 5.74) is 1.20. The average molecular weight is 300 g/mol. The number of rotatable bonds is 4. The average Bonchev–Trinajstić information content (AvgIpc) is 3.14. The Morgan fingerprint density at radius 2 is 1.91 bits per heavy atom. The fourth-order valence-corrected chi connectivity index (χ4v) is 2.04. The Kier molecular flexibility index (Phi) is 3.34. The number of nitro groups is 1. The molecule has 0 aliphatic heterocycles. The van der Waals surface area contributed by atoms with E-state index in [1.54, 1.807) is 43.0 Å². The van der Waals surface area contributed by atoms with E-state index in [4.69, 9.17) is 9.15 Å². The largest absolute Gasteiger partial charge is 0.497 e. The minimum absolute atomic E-state index is 0.0262. The van der Waals surface area contributed by atoms with Crippen LogP contribution in [0.3, 0.4) is 0 Å². The molecule has 0 fully saturated rings. The topological polar surface area (TPSA) is 96.2 Å². The Hall–Kier alpha value is -3.16. The first-order valence-electron chi connectivity index (χ1n) is 6.37. The summed E-state index contributed by atoms with van der Waals surface area (Å²) in [5.74, 6) is 1.28. The minimum atomic E-state index is -0.468. The Labute approximate surface area is 125 Å². The van der Waals surface area contributed by atoms with Crippen LogP contribution in [0.15, 0.2) is 40.9 Å². The smallest absolute Gasteiger partial charge is 0.287 e. The van der Waals surface area contributed by atoms with E-state index in [0.29, 0.717) is 11.6 Å². The number of aromatic nitrogens is 3. The molecular formula is C14H12N4O4. The fourth-order valence-electron chi connectivity index (χ4n) is 2.04. The molecule has 22 heavy (non-hydrogen) atoms. The van der Waals surface area contributed by atoms with Gasteiger partial charge in [0.2, 0.25) is 5.89 Å². The van der Waals surface area contributed by atoms with Crippen LogP contribution in [-0.2, 0) is 7.05 Å². The lowest BCUT2D eigenvalue weighted by atomic mass is 10.2. The predicted octanol–water partition coefficient (Wildman–Crippen LogP) is 2.66. The third-order valence-electron chi connectivity index (χ3n) is 3.18. The summed E-state index contributed by atoms with van der Waals surface area (Å²) >= 11 is 0. The monoisotopic (exact) mass is 300 g/mol. The lowest BCUT2D eigenvalue weighted by Gasteiger charge is -1.99. The molecule has 2 aromatic heterocycles. The summed E-state index contributed by atoms with van der Waals surface area (Å²) in [4.78, 5) is 10.3. The molecule has 2 heterocycles. The SMILES string of the molecule is COc1ccc(-c2nnc(-c3cc([N+](=O)[O-])cn3C)o2)cc1.